The van der Waals surface area contributed by atoms with E-state index in [1.807, 2.05) is 24.3 Å². The Kier molecular flexibility index (Phi) is 4.74. The maximum absolute atomic E-state index is 9.79. The minimum absolute atomic E-state index is 0.421. The molecule has 0 fully saturated rings. The molecule has 1 aromatic heterocycles. The molecule has 0 aliphatic rings. The molecule has 0 bridgehead atoms. The standard InChI is InChI=1S/C17H21NO2/c1-4-12(2)14-8-5-6-10-16(14)20-17-15(13(3)19)9-7-11-18-17/h5-13,19H,4H2,1-3H3/t12?,13-/m1/s1. The van der Waals surface area contributed by atoms with Gasteiger partial charge in [0.2, 0.25) is 5.88 Å². The highest BCUT2D eigenvalue weighted by Crippen LogP contribution is 2.33. The Morgan fingerprint density at radius 3 is 2.50 bits per heavy atom. The van der Waals surface area contributed by atoms with Crippen molar-refractivity contribution in [1.82, 2.24) is 4.98 Å². The maximum Gasteiger partial charge on any atom is 0.225 e. The summed E-state index contributed by atoms with van der Waals surface area (Å²) >= 11 is 0. The molecule has 0 saturated carbocycles. The molecule has 1 heterocycles. The second-order valence-corrected chi connectivity index (χ2v) is 5.02. The van der Waals surface area contributed by atoms with Crippen molar-refractivity contribution in [1.29, 1.82) is 0 Å². The normalized spacial score (nSPS) is 13.8. The topological polar surface area (TPSA) is 42.4 Å². The van der Waals surface area contributed by atoms with Gasteiger partial charge in [0.25, 0.3) is 0 Å². The van der Waals surface area contributed by atoms with Gasteiger partial charge in [-0.15, -0.1) is 0 Å². The third kappa shape index (κ3) is 3.17. The van der Waals surface area contributed by atoms with Gasteiger partial charge in [-0.1, -0.05) is 32.0 Å². The highest BCUT2D eigenvalue weighted by Gasteiger charge is 2.14. The minimum Gasteiger partial charge on any atom is -0.438 e. The Bertz CT molecular complexity index is 566. The molecule has 106 valence electrons. The molecule has 2 rings (SSSR count). The first-order chi connectivity index (χ1) is 9.63. The van der Waals surface area contributed by atoms with Crippen LogP contribution in [0, 0.1) is 0 Å². The van der Waals surface area contributed by atoms with Gasteiger partial charge in [0.15, 0.2) is 0 Å². The summed E-state index contributed by atoms with van der Waals surface area (Å²) in [5.74, 6) is 1.70. The van der Waals surface area contributed by atoms with Gasteiger partial charge >= 0.3 is 0 Å². The lowest BCUT2D eigenvalue weighted by Crippen LogP contribution is -2.01. The van der Waals surface area contributed by atoms with Crippen molar-refractivity contribution in [2.45, 2.75) is 39.2 Å². The second kappa shape index (κ2) is 6.53. The summed E-state index contributed by atoms with van der Waals surface area (Å²) < 4.78 is 5.95. The summed E-state index contributed by atoms with van der Waals surface area (Å²) in [5, 5.41) is 9.79. The maximum atomic E-state index is 9.79. The Labute approximate surface area is 120 Å². The molecule has 3 heteroatoms. The third-order valence-electron chi connectivity index (χ3n) is 3.52. The number of benzene rings is 1. The van der Waals surface area contributed by atoms with E-state index in [9.17, 15) is 5.11 Å². The molecular formula is C17H21NO2. The fourth-order valence-electron chi connectivity index (χ4n) is 2.11. The first kappa shape index (κ1) is 14.5. The molecule has 2 atom stereocenters. The van der Waals surface area contributed by atoms with Crippen LogP contribution in [-0.2, 0) is 0 Å². The number of aliphatic hydroxyl groups is 1. The number of nitrogens with zero attached hydrogens (tertiary/aromatic N) is 1. The molecular weight excluding hydrogens is 250 g/mol. The molecule has 0 saturated heterocycles. The van der Waals surface area contributed by atoms with Crippen LogP contribution in [0.2, 0.25) is 0 Å². The number of aliphatic hydroxyl groups excluding tert-OH is 1. The van der Waals surface area contributed by atoms with E-state index in [1.54, 1.807) is 19.2 Å². The van der Waals surface area contributed by atoms with Crippen molar-refractivity contribution >= 4 is 0 Å². The molecule has 20 heavy (non-hydrogen) atoms. The van der Waals surface area contributed by atoms with Crippen LogP contribution in [0.4, 0.5) is 0 Å². The summed E-state index contributed by atoms with van der Waals surface area (Å²) in [6, 6.07) is 11.6. The predicted octanol–water partition coefficient (Wildman–Crippen LogP) is 4.44. The quantitative estimate of drug-likeness (QED) is 0.874. The van der Waals surface area contributed by atoms with Crippen LogP contribution in [0.3, 0.4) is 0 Å². The SMILES string of the molecule is CCC(C)c1ccccc1Oc1ncccc1[C@@H](C)O. The van der Waals surface area contributed by atoms with Crippen molar-refractivity contribution in [3.8, 4) is 11.6 Å². The summed E-state index contributed by atoms with van der Waals surface area (Å²) in [6.07, 6.45) is 2.12. The summed E-state index contributed by atoms with van der Waals surface area (Å²) in [6.45, 7) is 6.05. The first-order valence-corrected chi connectivity index (χ1v) is 7.03. The zero-order valence-corrected chi connectivity index (χ0v) is 12.2. The Morgan fingerprint density at radius 2 is 1.80 bits per heavy atom. The lowest BCUT2D eigenvalue weighted by Gasteiger charge is -2.17. The van der Waals surface area contributed by atoms with Gasteiger partial charge in [-0.2, -0.15) is 0 Å². The lowest BCUT2D eigenvalue weighted by molar-refractivity contribution is 0.194. The van der Waals surface area contributed by atoms with Gasteiger partial charge in [-0.3, -0.25) is 0 Å². The number of ether oxygens (including phenoxy) is 1. The fourth-order valence-corrected chi connectivity index (χ4v) is 2.11. The average Bonchev–Trinajstić information content (AvgIpc) is 2.47. The number of para-hydroxylation sites is 1. The average molecular weight is 271 g/mol. The predicted molar refractivity (Wildman–Crippen MR) is 80.1 cm³/mol. The molecule has 1 N–H and O–H groups in total. The number of pyridine rings is 1. The number of aromatic nitrogens is 1. The van der Waals surface area contributed by atoms with Gasteiger partial charge in [-0.25, -0.2) is 4.98 Å². The highest BCUT2D eigenvalue weighted by molar-refractivity contribution is 5.40. The van der Waals surface area contributed by atoms with E-state index in [0.717, 1.165) is 17.7 Å². The lowest BCUT2D eigenvalue weighted by atomic mass is 9.98. The number of hydrogen-bond acceptors (Lipinski definition) is 3. The molecule has 0 spiro atoms. The summed E-state index contributed by atoms with van der Waals surface area (Å²) in [7, 11) is 0. The Hall–Kier alpha value is -1.87. The molecule has 2 aromatic rings. The largest absolute Gasteiger partial charge is 0.438 e. The molecule has 3 nitrogen and oxygen atoms in total. The smallest absolute Gasteiger partial charge is 0.225 e. The second-order valence-electron chi connectivity index (χ2n) is 5.02. The highest BCUT2D eigenvalue weighted by atomic mass is 16.5. The monoisotopic (exact) mass is 271 g/mol. The van der Waals surface area contributed by atoms with Crippen LogP contribution in [-0.4, -0.2) is 10.1 Å². The zero-order chi connectivity index (χ0) is 14.5. The van der Waals surface area contributed by atoms with E-state index in [4.69, 9.17) is 4.74 Å². The van der Waals surface area contributed by atoms with E-state index >= 15 is 0 Å². The Balaban J connectivity index is 2.36. The molecule has 1 aromatic carbocycles. The number of rotatable bonds is 5. The van der Waals surface area contributed by atoms with Crippen LogP contribution in [0.5, 0.6) is 11.6 Å². The zero-order valence-electron chi connectivity index (χ0n) is 12.2. The van der Waals surface area contributed by atoms with E-state index in [-0.39, 0.29) is 0 Å². The van der Waals surface area contributed by atoms with E-state index in [2.05, 4.69) is 24.9 Å². The molecule has 0 amide bonds. The van der Waals surface area contributed by atoms with Crippen LogP contribution in [0.25, 0.3) is 0 Å². The molecule has 0 aliphatic heterocycles. The van der Waals surface area contributed by atoms with Gasteiger partial charge in [0.1, 0.15) is 5.75 Å². The van der Waals surface area contributed by atoms with Crippen molar-refractivity contribution in [3.63, 3.8) is 0 Å². The van der Waals surface area contributed by atoms with Crippen LogP contribution >= 0.6 is 0 Å². The van der Waals surface area contributed by atoms with E-state index in [1.165, 1.54) is 0 Å². The molecule has 0 aliphatic carbocycles. The van der Waals surface area contributed by atoms with Crippen LogP contribution in [0.1, 0.15) is 50.3 Å². The summed E-state index contributed by atoms with van der Waals surface area (Å²) in [5.41, 5.74) is 1.86. The van der Waals surface area contributed by atoms with E-state index < -0.39 is 6.10 Å². The molecule has 0 radical (unpaired) electrons. The van der Waals surface area contributed by atoms with Crippen molar-refractivity contribution in [2.75, 3.05) is 0 Å². The van der Waals surface area contributed by atoms with Gasteiger partial charge in [0.05, 0.1) is 6.10 Å². The molecule has 1 unspecified atom stereocenters. The first-order valence-electron chi connectivity index (χ1n) is 7.03. The van der Waals surface area contributed by atoms with E-state index in [0.29, 0.717) is 17.4 Å². The minimum atomic E-state index is -0.602. The fraction of sp³-hybridized carbons (Fsp3) is 0.353. The Morgan fingerprint density at radius 1 is 1.10 bits per heavy atom. The number of hydrogen-bond donors (Lipinski definition) is 1. The van der Waals surface area contributed by atoms with Gasteiger partial charge in [0, 0.05) is 11.8 Å². The van der Waals surface area contributed by atoms with Gasteiger partial charge < -0.3 is 9.84 Å². The van der Waals surface area contributed by atoms with Crippen molar-refractivity contribution in [2.24, 2.45) is 0 Å². The summed E-state index contributed by atoms with van der Waals surface area (Å²) in [4.78, 5) is 4.24. The van der Waals surface area contributed by atoms with Crippen molar-refractivity contribution < 1.29 is 9.84 Å². The van der Waals surface area contributed by atoms with Crippen LogP contribution < -0.4 is 4.74 Å². The third-order valence-corrected chi connectivity index (χ3v) is 3.52. The van der Waals surface area contributed by atoms with Gasteiger partial charge in [-0.05, 0) is 43.0 Å². The van der Waals surface area contributed by atoms with Crippen LogP contribution in [0.15, 0.2) is 42.6 Å². The van der Waals surface area contributed by atoms with Crippen molar-refractivity contribution in [3.05, 3.63) is 53.7 Å².